The minimum atomic E-state index is -3.77. The summed E-state index contributed by atoms with van der Waals surface area (Å²) >= 11 is 0. The summed E-state index contributed by atoms with van der Waals surface area (Å²) in [4.78, 5) is 22.4. The Morgan fingerprint density at radius 2 is 2.19 bits per heavy atom. The standard InChI is InChI=1S/C9H15NO5S/c1-2-6-16(14,15)10-7(9(12)13)4-3-5-8(10)11/h7H,2-6H2,1H3,(H,12,13). The highest BCUT2D eigenvalue weighted by molar-refractivity contribution is 7.89. The fourth-order valence-corrected chi connectivity index (χ4v) is 3.47. The number of sulfonamides is 1. The van der Waals surface area contributed by atoms with Gasteiger partial charge >= 0.3 is 5.97 Å². The van der Waals surface area contributed by atoms with Crippen molar-refractivity contribution < 1.29 is 23.1 Å². The predicted molar refractivity (Wildman–Crippen MR) is 56.2 cm³/mol. The lowest BCUT2D eigenvalue weighted by atomic mass is 10.0. The summed E-state index contributed by atoms with van der Waals surface area (Å²) in [6, 6.07) is -1.22. The molecule has 6 nitrogen and oxygen atoms in total. The van der Waals surface area contributed by atoms with E-state index in [1.165, 1.54) is 0 Å². The number of carbonyl (C=O) groups is 2. The molecule has 1 atom stereocenters. The second-order valence-corrected chi connectivity index (χ2v) is 5.72. The topological polar surface area (TPSA) is 91.8 Å². The average molecular weight is 249 g/mol. The van der Waals surface area contributed by atoms with Crippen LogP contribution in [0.1, 0.15) is 32.6 Å². The molecule has 1 unspecified atom stereocenters. The lowest BCUT2D eigenvalue weighted by Crippen LogP contribution is -2.51. The first kappa shape index (κ1) is 13.0. The van der Waals surface area contributed by atoms with E-state index >= 15 is 0 Å². The molecule has 0 saturated carbocycles. The molecule has 1 rings (SSSR count). The van der Waals surface area contributed by atoms with E-state index in [4.69, 9.17) is 5.11 Å². The minimum absolute atomic E-state index is 0.104. The van der Waals surface area contributed by atoms with E-state index in [1.54, 1.807) is 6.92 Å². The van der Waals surface area contributed by atoms with Crippen molar-refractivity contribution in [3.63, 3.8) is 0 Å². The second-order valence-electron chi connectivity index (χ2n) is 3.75. The van der Waals surface area contributed by atoms with Crippen LogP contribution in [0.2, 0.25) is 0 Å². The number of amides is 1. The highest BCUT2D eigenvalue weighted by Crippen LogP contribution is 2.22. The molecule has 0 radical (unpaired) electrons. The lowest BCUT2D eigenvalue weighted by molar-refractivity contribution is -0.148. The van der Waals surface area contributed by atoms with Crippen LogP contribution in [-0.2, 0) is 19.6 Å². The van der Waals surface area contributed by atoms with Gasteiger partial charge in [-0.15, -0.1) is 0 Å². The summed E-state index contributed by atoms with van der Waals surface area (Å²) in [6.45, 7) is 1.67. The van der Waals surface area contributed by atoms with Gasteiger partial charge in [0.15, 0.2) is 0 Å². The maximum atomic E-state index is 11.8. The normalized spacial score (nSPS) is 22.2. The van der Waals surface area contributed by atoms with Crippen LogP contribution in [-0.4, -0.2) is 41.5 Å². The van der Waals surface area contributed by atoms with Crippen LogP contribution in [0, 0.1) is 0 Å². The fraction of sp³-hybridized carbons (Fsp3) is 0.778. The van der Waals surface area contributed by atoms with Gasteiger partial charge in [-0.1, -0.05) is 6.92 Å². The van der Waals surface area contributed by atoms with Crippen molar-refractivity contribution in [2.75, 3.05) is 5.75 Å². The number of aliphatic carboxylic acids is 1. The van der Waals surface area contributed by atoms with Gasteiger partial charge in [-0.05, 0) is 19.3 Å². The Hall–Kier alpha value is -1.11. The van der Waals surface area contributed by atoms with Crippen molar-refractivity contribution in [1.82, 2.24) is 4.31 Å². The number of hydrogen-bond donors (Lipinski definition) is 1. The quantitative estimate of drug-likeness (QED) is 0.768. The Balaban J connectivity index is 3.03. The molecule has 1 N–H and O–H groups in total. The lowest BCUT2D eigenvalue weighted by Gasteiger charge is -2.31. The van der Waals surface area contributed by atoms with Gasteiger partial charge in [0.1, 0.15) is 6.04 Å². The Kier molecular flexibility index (Phi) is 3.90. The maximum absolute atomic E-state index is 11.8. The molecule has 1 fully saturated rings. The summed E-state index contributed by atoms with van der Waals surface area (Å²) in [6.07, 6.45) is 1.09. The molecule has 92 valence electrons. The SMILES string of the molecule is CCCS(=O)(=O)N1C(=O)CCCC1C(=O)O. The van der Waals surface area contributed by atoms with Crippen molar-refractivity contribution >= 4 is 21.9 Å². The zero-order valence-corrected chi connectivity index (χ0v) is 9.87. The number of rotatable bonds is 4. The highest BCUT2D eigenvalue weighted by atomic mass is 32.2. The molecular weight excluding hydrogens is 234 g/mol. The first-order chi connectivity index (χ1) is 7.40. The van der Waals surface area contributed by atoms with Crippen molar-refractivity contribution in [1.29, 1.82) is 0 Å². The van der Waals surface area contributed by atoms with E-state index in [2.05, 4.69) is 0 Å². The Labute approximate surface area is 94.3 Å². The first-order valence-corrected chi connectivity index (χ1v) is 6.78. The molecule has 1 amide bonds. The maximum Gasteiger partial charge on any atom is 0.327 e. The largest absolute Gasteiger partial charge is 0.480 e. The number of carboxylic acids is 1. The summed E-state index contributed by atoms with van der Waals surface area (Å²) in [5.74, 6) is -2.05. The van der Waals surface area contributed by atoms with Crippen LogP contribution in [0.4, 0.5) is 0 Å². The van der Waals surface area contributed by atoms with Crippen LogP contribution in [0.25, 0.3) is 0 Å². The number of nitrogens with zero attached hydrogens (tertiary/aromatic N) is 1. The van der Waals surface area contributed by atoms with Crippen LogP contribution < -0.4 is 0 Å². The van der Waals surface area contributed by atoms with Crippen molar-refractivity contribution in [2.45, 2.75) is 38.6 Å². The molecule has 0 aromatic carbocycles. The van der Waals surface area contributed by atoms with Crippen LogP contribution in [0.3, 0.4) is 0 Å². The molecule has 0 aromatic heterocycles. The summed E-state index contributed by atoms with van der Waals surface area (Å²) in [5, 5.41) is 8.90. The van der Waals surface area contributed by atoms with E-state index in [9.17, 15) is 18.0 Å². The molecule has 16 heavy (non-hydrogen) atoms. The predicted octanol–water partition coefficient (Wildman–Crippen LogP) is 0.192. The molecule has 1 heterocycles. The summed E-state index contributed by atoms with van der Waals surface area (Å²) in [5.41, 5.74) is 0. The van der Waals surface area contributed by atoms with Crippen LogP contribution in [0.15, 0.2) is 0 Å². The molecule has 1 saturated heterocycles. The highest BCUT2D eigenvalue weighted by Gasteiger charge is 2.40. The minimum Gasteiger partial charge on any atom is -0.480 e. The van der Waals surface area contributed by atoms with Gasteiger partial charge in [-0.2, -0.15) is 0 Å². The van der Waals surface area contributed by atoms with E-state index in [0.29, 0.717) is 17.1 Å². The van der Waals surface area contributed by atoms with Crippen LogP contribution in [0.5, 0.6) is 0 Å². The molecule has 0 spiro atoms. The molecule has 1 aliphatic rings. The fourth-order valence-electron chi connectivity index (χ4n) is 1.78. The van der Waals surface area contributed by atoms with E-state index < -0.39 is 27.9 Å². The Morgan fingerprint density at radius 3 is 2.69 bits per heavy atom. The van der Waals surface area contributed by atoms with E-state index in [1.807, 2.05) is 0 Å². The van der Waals surface area contributed by atoms with Crippen molar-refractivity contribution in [3.8, 4) is 0 Å². The van der Waals surface area contributed by atoms with Gasteiger partial charge in [0.05, 0.1) is 5.75 Å². The number of hydrogen-bond acceptors (Lipinski definition) is 4. The van der Waals surface area contributed by atoms with Gasteiger partial charge in [0.2, 0.25) is 15.9 Å². The van der Waals surface area contributed by atoms with Crippen LogP contribution >= 0.6 is 0 Å². The summed E-state index contributed by atoms with van der Waals surface area (Å²) < 4.78 is 24.1. The molecule has 0 bridgehead atoms. The van der Waals surface area contributed by atoms with Gasteiger partial charge in [-0.3, -0.25) is 4.79 Å². The summed E-state index contributed by atoms with van der Waals surface area (Å²) in [7, 11) is -3.77. The molecule has 1 aliphatic heterocycles. The zero-order valence-electron chi connectivity index (χ0n) is 9.05. The number of carbonyl (C=O) groups excluding carboxylic acids is 1. The zero-order chi connectivity index (χ0) is 12.3. The molecular formula is C9H15NO5S. The van der Waals surface area contributed by atoms with Crippen molar-refractivity contribution in [3.05, 3.63) is 0 Å². The van der Waals surface area contributed by atoms with E-state index in [-0.39, 0.29) is 18.6 Å². The average Bonchev–Trinajstić information content (AvgIpc) is 2.16. The Bertz CT molecular complexity index is 389. The third-order valence-corrected chi connectivity index (χ3v) is 4.43. The van der Waals surface area contributed by atoms with Gasteiger partial charge in [-0.25, -0.2) is 17.5 Å². The number of piperidine rings is 1. The van der Waals surface area contributed by atoms with Gasteiger partial charge in [0.25, 0.3) is 0 Å². The third kappa shape index (κ3) is 2.52. The second kappa shape index (κ2) is 4.82. The first-order valence-electron chi connectivity index (χ1n) is 5.18. The van der Waals surface area contributed by atoms with Gasteiger partial charge < -0.3 is 5.11 Å². The smallest absolute Gasteiger partial charge is 0.327 e. The monoisotopic (exact) mass is 249 g/mol. The van der Waals surface area contributed by atoms with E-state index in [0.717, 1.165) is 0 Å². The van der Waals surface area contributed by atoms with Crippen molar-refractivity contribution in [2.24, 2.45) is 0 Å². The number of carboxylic acid groups (broad SMARTS) is 1. The third-order valence-electron chi connectivity index (χ3n) is 2.44. The Morgan fingerprint density at radius 1 is 1.56 bits per heavy atom. The molecule has 0 aromatic rings. The van der Waals surface area contributed by atoms with Gasteiger partial charge in [0, 0.05) is 6.42 Å². The molecule has 0 aliphatic carbocycles. The molecule has 7 heteroatoms.